The highest BCUT2D eigenvalue weighted by Crippen LogP contribution is 2.36. The molecule has 0 bridgehead atoms. The van der Waals surface area contributed by atoms with E-state index in [4.69, 9.17) is 9.47 Å². The number of rotatable bonds is 4. The highest BCUT2D eigenvalue weighted by atomic mass is 16.5. The second kappa shape index (κ2) is 6.04. The van der Waals surface area contributed by atoms with E-state index in [2.05, 4.69) is 18.3 Å². The second-order valence-corrected chi connectivity index (χ2v) is 6.17. The zero-order valence-corrected chi connectivity index (χ0v) is 12.5. The molecule has 3 nitrogen and oxygen atoms in total. The average molecular weight is 275 g/mol. The van der Waals surface area contributed by atoms with Crippen molar-refractivity contribution in [2.24, 2.45) is 11.8 Å². The molecule has 1 fully saturated rings. The zero-order valence-electron chi connectivity index (χ0n) is 12.5. The lowest BCUT2D eigenvalue weighted by Crippen LogP contribution is -2.31. The van der Waals surface area contributed by atoms with E-state index < -0.39 is 0 Å². The lowest BCUT2D eigenvalue weighted by atomic mass is 9.95. The first kappa shape index (κ1) is 13.7. The Morgan fingerprint density at radius 3 is 2.95 bits per heavy atom. The lowest BCUT2D eigenvalue weighted by molar-refractivity contribution is 0.243. The van der Waals surface area contributed by atoms with Gasteiger partial charge in [-0.05, 0) is 43.0 Å². The SMILES string of the molecule is COc1ccc2c(c1)C(NCC1CCCC1C)CCO2. The largest absolute Gasteiger partial charge is 0.497 e. The van der Waals surface area contributed by atoms with Crippen molar-refractivity contribution < 1.29 is 9.47 Å². The van der Waals surface area contributed by atoms with E-state index in [1.165, 1.54) is 24.8 Å². The summed E-state index contributed by atoms with van der Waals surface area (Å²) in [5, 5.41) is 3.77. The monoisotopic (exact) mass is 275 g/mol. The van der Waals surface area contributed by atoms with Gasteiger partial charge in [0.15, 0.2) is 0 Å². The zero-order chi connectivity index (χ0) is 13.9. The standard InChI is InChI=1S/C17H25NO2/c1-12-4-3-5-13(12)11-18-16-8-9-20-17-7-6-14(19-2)10-15(16)17/h6-7,10,12-13,16,18H,3-5,8-9,11H2,1-2H3. The smallest absolute Gasteiger partial charge is 0.124 e. The molecule has 0 spiro atoms. The van der Waals surface area contributed by atoms with E-state index in [0.29, 0.717) is 6.04 Å². The Labute approximate surface area is 121 Å². The molecule has 3 rings (SSSR count). The Bertz CT molecular complexity index is 460. The molecule has 1 aromatic carbocycles. The molecule has 1 aromatic rings. The van der Waals surface area contributed by atoms with Gasteiger partial charge in [-0.1, -0.05) is 19.8 Å². The third-order valence-corrected chi connectivity index (χ3v) is 4.92. The summed E-state index contributed by atoms with van der Waals surface area (Å²) in [6.07, 6.45) is 5.21. The first-order valence-corrected chi connectivity index (χ1v) is 7.82. The van der Waals surface area contributed by atoms with Crippen molar-refractivity contribution in [3.8, 4) is 11.5 Å². The molecule has 3 atom stereocenters. The fourth-order valence-electron chi connectivity index (χ4n) is 3.53. The molecule has 110 valence electrons. The molecule has 0 saturated heterocycles. The van der Waals surface area contributed by atoms with Gasteiger partial charge in [0.25, 0.3) is 0 Å². The van der Waals surface area contributed by atoms with Crippen molar-refractivity contribution in [2.45, 2.75) is 38.6 Å². The molecule has 1 N–H and O–H groups in total. The van der Waals surface area contributed by atoms with Gasteiger partial charge in [-0.3, -0.25) is 0 Å². The molecule has 2 aliphatic rings. The minimum atomic E-state index is 0.404. The Morgan fingerprint density at radius 1 is 1.30 bits per heavy atom. The van der Waals surface area contributed by atoms with Crippen LogP contribution in [0.1, 0.15) is 44.2 Å². The summed E-state index contributed by atoms with van der Waals surface area (Å²) >= 11 is 0. The van der Waals surface area contributed by atoms with Crippen molar-refractivity contribution in [3.63, 3.8) is 0 Å². The van der Waals surface area contributed by atoms with E-state index in [1.54, 1.807) is 7.11 Å². The normalized spacial score (nSPS) is 28.8. The molecule has 1 saturated carbocycles. The van der Waals surface area contributed by atoms with Crippen molar-refractivity contribution in [1.82, 2.24) is 5.32 Å². The number of ether oxygens (including phenoxy) is 2. The molecule has 0 aromatic heterocycles. The van der Waals surface area contributed by atoms with Crippen molar-refractivity contribution in [2.75, 3.05) is 20.3 Å². The molecule has 3 unspecified atom stereocenters. The van der Waals surface area contributed by atoms with Gasteiger partial charge in [0.05, 0.1) is 13.7 Å². The molecule has 20 heavy (non-hydrogen) atoms. The van der Waals surface area contributed by atoms with Crippen LogP contribution >= 0.6 is 0 Å². The summed E-state index contributed by atoms with van der Waals surface area (Å²) in [7, 11) is 1.72. The molecule has 0 radical (unpaired) electrons. The van der Waals surface area contributed by atoms with Crippen molar-refractivity contribution in [1.29, 1.82) is 0 Å². The fourth-order valence-corrected chi connectivity index (χ4v) is 3.53. The molecular weight excluding hydrogens is 250 g/mol. The topological polar surface area (TPSA) is 30.5 Å². The third-order valence-electron chi connectivity index (χ3n) is 4.92. The van der Waals surface area contributed by atoms with Gasteiger partial charge in [0.2, 0.25) is 0 Å². The van der Waals surface area contributed by atoms with Gasteiger partial charge >= 0.3 is 0 Å². The summed E-state index contributed by atoms with van der Waals surface area (Å²) in [4.78, 5) is 0. The van der Waals surface area contributed by atoms with E-state index >= 15 is 0 Å². The van der Waals surface area contributed by atoms with Gasteiger partial charge in [0, 0.05) is 18.0 Å². The highest BCUT2D eigenvalue weighted by molar-refractivity contribution is 5.43. The maximum Gasteiger partial charge on any atom is 0.124 e. The van der Waals surface area contributed by atoms with Crippen molar-refractivity contribution >= 4 is 0 Å². The summed E-state index contributed by atoms with van der Waals surface area (Å²) in [5.74, 6) is 3.63. The van der Waals surface area contributed by atoms with Gasteiger partial charge in [-0.15, -0.1) is 0 Å². The number of benzene rings is 1. The summed E-state index contributed by atoms with van der Waals surface area (Å²) in [5.41, 5.74) is 1.25. The number of hydrogen-bond acceptors (Lipinski definition) is 3. The number of methoxy groups -OCH3 is 1. The molecule has 1 aliphatic carbocycles. The Balaban J connectivity index is 1.69. The van der Waals surface area contributed by atoms with Crippen LogP contribution in [0, 0.1) is 11.8 Å². The van der Waals surface area contributed by atoms with Gasteiger partial charge in [-0.25, -0.2) is 0 Å². The minimum absolute atomic E-state index is 0.404. The number of fused-ring (bicyclic) bond motifs is 1. The molecular formula is C17H25NO2. The van der Waals surface area contributed by atoms with Crippen LogP contribution in [0.5, 0.6) is 11.5 Å². The Morgan fingerprint density at radius 2 is 2.20 bits per heavy atom. The van der Waals surface area contributed by atoms with Gasteiger partial charge in [-0.2, -0.15) is 0 Å². The molecule has 3 heteroatoms. The van der Waals surface area contributed by atoms with Crippen LogP contribution in [0.25, 0.3) is 0 Å². The lowest BCUT2D eigenvalue weighted by Gasteiger charge is -2.29. The maximum absolute atomic E-state index is 5.75. The van der Waals surface area contributed by atoms with E-state index in [1.807, 2.05) is 12.1 Å². The summed E-state index contributed by atoms with van der Waals surface area (Å²) in [6.45, 7) is 4.32. The van der Waals surface area contributed by atoms with Crippen LogP contribution in [0.15, 0.2) is 18.2 Å². The van der Waals surface area contributed by atoms with Gasteiger partial charge < -0.3 is 14.8 Å². The Kier molecular flexibility index (Phi) is 4.16. The predicted octanol–water partition coefficient (Wildman–Crippen LogP) is 3.54. The molecule has 1 aliphatic heterocycles. The molecule has 1 heterocycles. The van der Waals surface area contributed by atoms with E-state index in [9.17, 15) is 0 Å². The Hall–Kier alpha value is -1.22. The summed E-state index contributed by atoms with van der Waals surface area (Å²) in [6, 6.07) is 6.52. The van der Waals surface area contributed by atoms with E-state index in [0.717, 1.165) is 42.9 Å². The van der Waals surface area contributed by atoms with Gasteiger partial charge in [0.1, 0.15) is 11.5 Å². The quantitative estimate of drug-likeness (QED) is 0.911. The average Bonchev–Trinajstić information content (AvgIpc) is 2.89. The van der Waals surface area contributed by atoms with E-state index in [-0.39, 0.29) is 0 Å². The van der Waals surface area contributed by atoms with Crippen molar-refractivity contribution in [3.05, 3.63) is 23.8 Å². The maximum atomic E-state index is 5.75. The number of hydrogen-bond donors (Lipinski definition) is 1. The third kappa shape index (κ3) is 2.78. The predicted molar refractivity (Wildman–Crippen MR) is 80.4 cm³/mol. The van der Waals surface area contributed by atoms with Crippen LogP contribution in [0.2, 0.25) is 0 Å². The minimum Gasteiger partial charge on any atom is -0.497 e. The fraction of sp³-hybridized carbons (Fsp3) is 0.647. The number of nitrogens with one attached hydrogen (secondary N) is 1. The van der Waals surface area contributed by atoms with Crippen LogP contribution in [0.3, 0.4) is 0 Å². The van der Waals surface area contributed by atoms with Crippen LogP contribution in [0.4, 0.5) is 0 Å². The summed E-state index contributed by atoms with van der Waals surface area (Å²) < 4.78 is 11.1. The highest BCUT2D eigenvalue weighted by Gasteiger charge is 2.26. The molecule has 0 amide bonds. The first-order chi connectivity index (χ1) is 9.78. The van der Waals surface area contributed by atoms with Crippen LogP contribution in [-0.2, 0) is 0 Å². The first-order valence-electron chi connectivity index (χ1n) is 7.82. The van der Waals surface area contributed by atoms with Crippen LogP contribution < -0.4 is 14.8 Å². The second-order valence-electron chi connectivity index (χ2n) is 6.17. The van der Waals surface area contributed by atoms with Crippen LogP contribution in [-0.4, -0.2) is 20.3 Å².